The van der Waals surface area contributed by atoms with Gasteiger partial charge in [0, 0.05) is 23.3 Å². The Balaban J connectivity index is 1.62. The third kappa shape index (κ3) is 3.91. The largest absolute Gasteiger partial charge is 0.467 e. The maximum atomic E-state index is 13.9. The Morgan fingerprint density at radius 2 is 1.92 bits per heavy atom. The van der Waals surface area contributed by atoms with Crippen molar-refractivity contribution < 1.29 is 4.74 Å². The summed E-state index contributed by atoms with van der Waals surface area (Å²) in [5.74, 6) is 0.274. The van der Waals surface area contributed by atoms with E-state index < -0.39 is 6.04 Å². The smallest absolute Gasteiger partial charge is 0.316 e. The molecule has 0 fully saturated rings. The van der Waals surface area contributed by atoms with Crippen molar-refractivity contribution in [3.8, 4) is 28.4 Å². The molecule has 190 valence electrons. The van der Waals surface area contributed by atoms with Crippen molar-refractivity contribution in [2.75, 3.05) is 12.8 Å². The van der Waals surface area contributed by atoms with Gasteiger partial charge in [0.25, 0.3) is 5.56 Å². The number of ether oxygens (including phenoxy) is 1. The molecule has 1 aromatic carbocycles. The summed E-state index contributed by atoms with van der Waals surface area (Å²) in [7, 11) is 4.17. The van der Waals surface area contributed by atoms with Crippen LogP contribution in [0.4, 0.5) is 5.82 Å². The van der Waals surface area contributed by atoms with Crippen molar-refractivity contribution in [2.45, 2.75) is 13.0 Å². The maximum absolute atomic E-state index is 13.9. The predicted molar refractivity (Wildman–Crippen MR) is 152 cm³/mol. The Morgan fingerprint density at radius 3 is 2.66 bits per heavy atom. The van der Waals surface area contributed by atoms with Gasteiger partial charge in [0.05, 0.1) is 24.1 Å². The molecule has 6 rings (SSSR count). The highest BCUT2D eigenvalue weighted by molar-refractivity contribution is 7.27. The van der Waals surface area contributed by atoms with Crippen LogP contribution in [-0.4, -0.2) is 41.2 Å². The molecule has 0 saturated carbocycles. The number of hydrogen-bond donors (Lipinski definition) is 1. The van der Waals surface area contributed by atoms with E-state index in [-0.39, 0.29) is 17.4 Å². The number of rotatable bonds is 5. The molecule has 0 saturated heterocycles. The van der Waals surface area contributed by atoms with Gasteiger partial charge in [-0.3, -0.25) is 9.20 Å². The number of thiazole rings is 1. The first-order valence-corrected chi connectivity index (χ1v) is 13.2. The third-order valence-corrected chi connectivity index (χ3v) is 7.94. The lowest BCUT2D eigenvalue weighted by molar-refractivity contribution is 0.380. The highest BCUT2D eigenvalue weighted by atomic mass is 35.5. The lowest BCUT2D eigenvalue weighted by Crippen LogP contribution is -2.21. The SMILES string of the molecule is COc1ncc(-c2nn([C@@H](C)c3cc4scc(Cl)n4c(=O)c3-c3cccc(P)c3)c3ncnc(N)c23)cn1. The Hall–Kier alpha value is -3.92. The van der Waals surface area contributed by atoms with Crippen molar-refractivity contribution in [3.05, 3.63) is 75.5 Å². The summed E-state index contributed by atoms with van der Waals surface area (Å²) in [5, 5.41) is 8.53. The van der Waals surface area contributed by atoms with E-state index in [1.165, 1.54) is 29.2 Å². The fourth-order valence-corrected chi connectivity index (χ4v) is 5.96. The van der Waals surface area contributed by atoms with Gasteiger partial charge >= 0.3 is 6.01 Å². The zero-order valence-electron chi connectivity index (χ0n) is 20.2. The molecule has 0 amide bonds. The molecule has 0 aliphatic heterocycles. The summed E-state index contributed by atoms with van der Waals surface area (Å²) in [5.41, 5.74) is 9.83. The van der Waals surface area contributed by atoms with Gasteiger partial charge in [-0.1, -0.05) is 29.8 Å². The molecule has 6 aromatic rings. The number of hydrogen-bond acceptors (Lipinski definition) is 9. The number of halogens is 1. The fourth-order valence-electron chi connectivity index (χ4n) is 4.51. The molecule has 0 radical (unpaired) electrons. The van der Waals surface area contributed by atoms with Crippen LogP contribution in [0.2, 0.25) is 5.15 Å². The van der Waals surface area contributed by atoms with E-state index >= 15 is 0 Å². The molecular weight excluding hydrogens is 543 g/mol. The number of aromatic nitrogens is 7. The molecule has 38 heavy (non-hydrogen) atoms. The quantitative estimate of drug-likeness (QED) is 0.313. The summed E-state index contributed by atoms with van der Waals surface area (Å²) in [4.78, 5) is 31.7. The highest BCUT2D eigenvalue weighted by Crippen LogP contribution is 2.36. The second kappa shape index (κ2) is 9.43. The number of benzene rings is 1. The first kappa shape index (κ1) is 24.4. The van der Waals surface area contributed by atoms with Gasteiger partial charge in [-0.25, -0.2) is 24.6 Å². The van der Waals surface area contributed by atoms with E-state index in [1.807, 2.05) is 37.3 Å². The molecule has 10 nitrogen and oxygen atoms in total. The monoisotopic (exact) mass is 562 g/mol. The minimum absolute atomic E-state index is 0.208. The molecule has 2 N–H and O–H groups in total. The minimum atomic E-state index is -0.415. The van der Waals surface area contributed by atoms with E-state index in [9.17, 15) is 4.79 Å². The first-order chi connectivity index (χ1) is 18.4. The fraction of sp³-hybridized carbons (Fsp3) is 0.120. The molecule has 0 aliphatic carbocycles. The van der Waals surface area contributed by atoms with Gasteiger partial charge in [-0.15, -0.1) is 20.6 Å². The average Bonchev–Trinajstić information content (AvgIpc) is 3.50. The molecule has 5 heterocycles. The number of nitrogens with two attached hydrogens (primary N) is 1. The van der Waals surface area contributed by atoms with Gasteiger partial charge in [0.2, 0.25) is 0 Å². The second-order valence-corrected chi connectivity index (χ2v) is 10.5. The molecule has 0 spiro atoms. The standard InChI is InChI=1S/C25H20ClN8O2PS/c1-12(16-7-18-33(17(26)10-38-18)24(35)19(16)13-4-3-5-15(37)6-13)34-23-20(22(27)30-11-31-23)21(32-34)14-8-28-25(36-2)29-9-14/h3-12H,37H2,1-2H3,(H2,27,30,31)/t12-/m0/s1. The third-order valence-electron chi connectivity index (χ3n) is 6.29. The summed E-state index contributed by atoms with van der Waals surface area (Å²) < 4.78 is 8.36. The molecule has 0 bridgehead atoms. The van der Waals surface area contributed by atoms with E-state index in [0.717, 1.165) is 21.3 Å². The van der Waals surface area contributed by atoms with Crippen LogP contribution in [0.3, 0.4) is 0 Å². The first-order valence-electron chi connectivity index (χ1n) is 11.4. The number of fused-ring (bicyclic) bond motifs is 2. The zero-order valence-corrected chi connectivity index (χ0v) is 22.9. The lowest BCUT2D eigenvalue weighted by Gasteiger charge is -2.18. The summed E-state index contributed by atoms with van der Waals surface area (Å²) >= 11 is 7.80. The van der Waals surface area contributed by atoms with Crippen molar-refractivity contribution >= 4 is 59.2 Å². The van der Waals surface area contributed by atoms with Crippen LogP contribution < -0.4 is 21.3 Å². The highest BCUT2D eigenvalue weighted by Gasteiger charge is 2.26. The van der Waals surface area contributed by atoms with Crippen molar-refractivity contribution in [1.29, 1.82) is 0 Å². The Morgan fingerprint density at radius 1 is 1.13 bits per heavy atom. The van der Waals surface area contributed by atoms with Gasteiger partial charge in [-0.05, 0) is 35.5 Å². The second-order valence-electron chi connectivity index (χ2n) is 8.52. The topological polar surface area (TPSA) is 126 Å². The minimum Gasteiger partial charge on any atom is -0.467 e. The van der Waals surface area contributed by atoms with E-state index in [1.54, 1.807) is 22.5 Å². The number of anilines is 1. The Labute approximate surface area is 227 Å². The van der Waals surface area contributed by atoms with Crippen molar-refractivity contribution in [1.82, 2.24) is 34.1 Å². The lowest BCUT2D eigenvalue weighted by atomic mass is 9.97. The maximum Gasteiger partial charge on any atom is 0.316 e. The average molecular weight is 563 g/mol. The van der Waals surface area contributed by atoms with Crippen LogP contribution in [-0.2, 0) is 0 Å². The molecule has 5 aromatic heterocycles. The van der Waals surface area contributed by atoms with E-state index in [2.05, 4.69) is 29.2 Å². The molecule has 2 atom stereocenters. The molecular formula is C25H20ClN8O2PS. The summed E-state index contributed by atoms with van der Waals surface area (Å²) in [6, 6.07) is 9.52. The van der Waals surface area contributed by atoms with Crippen molar-refractivity contribution in [3.63, 3.8) is 0 Å². The Kier molecular flexibility index (Phi) is 6.06. The summed E-state index contributed by atoms with van der Waals surface area (Å²) in [6.07, 6.45) is 4.61. The van der Waals surface area contributed by atoms with Crippen LogP contribution in [0.25, 0.3) is 38.2 Å². The van der Waals surface area contributed by atoms with Crippen LogP contribution in [0.15, 0.2) is 59.2 Å². The number of nitrogen functional groups attached to an aromatic ring is 1. The normalized spacial score (nSPS) is 12.3. The Bertz CT molecular complexity index is 1900. The number of nitrogens with zero attached hydrogens (tertiary/aromatic N) is 7. The van der Waals surface area contributed by atoms with Crippen LogP contribution in [0.1, 0.15) is 18.5 Å². The predicted octanol–water partition coefficient (Wildman–Crippen LogP) is 3.98. The van der Waals surface area contributed by atoms with E-state index in [0.29, 0.717) is 33.0 Å². The van der Waals surface area contributed by atoms with Crippen molar-refractivity contribution in [2.24, 2.45) is 0 Å². The van der Waals surface area contributed by atoms with Crippen LogP contribution in [0, 0.1) is 0 Å². The van der Waals surface area contributed by atoms with Crippen LogP contribution in [0.5, 0.6) is 6.01 Å². The molecule has 1 unspecified atom stereocenters. The van der Waals surface area contributed by atoms with Gasteiger partial charge < -0.3 is 10.5 Å². The van der Waals surface area contributed by atoms with E-state index in [4.69, 9.17) is 27.2 Å². The van der Waals surface area contributed by atoms with Crippen LogP contribution >= 0.6 is 32.2 Å². The molecule has 0 aliphatic rings. The number of methoxy groups -OCH3 is 1. The zero-order chi connectivity index (χ0) is 26.6. The van der Waals surface area contributed by atoms with Gasteiger partial charge in [0.1, 0.15) is 27.8 Å². The van der Waals surface area contributed by atoms with Gasteiger partial charge in [-0.2, -0.15) is 5.10 Å². The van der Waals surface area contributed by atoms with Gasteiger partial charge in [0.15, 0.2) is 5.65 Å². The molecule has 13 heteroatoms. The number of pyridine rings is 1. The summed E-state index contributed by atoms with van der Waals surface area (Å²) in [6.45, 7) is 1.97.